The number of nitrogens with one attached hydrogen (secondary N) is 1. The van der Waals surface area contributed by atoms with Crippen molar-refractivity contribution in [2.45, 2.75) is 70.1 Å². The predicted molar refractivity (Wildman–Crippen MR) is 121 cm³/mol. The summed E-state index contributed by atoms with van der Waals surface area (Å²) in [6, 6.07) is 7.36. The Kier molecular flexibility index (Phi) is 6.01. The van der Waals surface area contributed by atoms with Gasteiger partial charge in [-0.05, 0) is 82.2 Å². The van der Waals surface area contributed by atoms with Gasteiger partial charge in [0.05, 0.1) is 11.9 Å². The van der Waals surface area contributed by atoms with Gasteiger partial charge >= 0.3 is 0 Å². The Labute approximate surface area is 180 Å². The van der Waals surface area contributed by atoms with E-state index in [1.54, 1.807) is 4.31 Å². The lowest BCUT2D eigenvalue weighted by Gasteiger charge is -2.30. The molecule has 0 saturated carbocycles. The fourth-order valence-corrected chi connectivity index (χ4v) is 5.97. The predicted octanol–water partition coefficient (Wildman–Crippen LogP) is 2.91. The van der Waals surface area contributed by atoms with Crippen molar-refractivity contribution in [1.82, 2.24) is 14.2 Å². The molecule has 30 heavy (non-hydrogen) atoms. The molecule has 0 aliphatic carbocycles. The summed E-state index contributed by atoms with van der Waals surface area (Å²) in [5.41, 5.74) is 3.10. The number of fused-ring (bicyclic) bond motifs is 1. The first-order valence-corrected chi connectivity index (χ1v) is 13.0. The van der Waals surface area contributed by atoms with Gasteiger partial charge in [0.2, 0.25) is 10.0 Å². The van der Waals surface area contributed by atoms with E-state index >= 15 is 0 Å². The summed E-state index contributed by atoms with van der Waals surface area (Å²) in [5.74, 6) is 0. The van der Waals surface area contributed by atoms with Crippen molar-refractivity contribution in [1.29, 1.82) is 0 Å². The molecule has 0 amide bonds. The van der Waals surface area contributed by atoms with E-state index in [0.29, 0.717) is 25.2 Å². The first-order chi connectivity index (χ1) is 14.1. The largest absolute Gasteiger partial charge is 0.390 e. The lowest BCUT2D eigenvalue weighted by molar-refractivity contribution is 0.0714. The van der Waals surface area contributed by atoms with Crippen LogP contribution in [0.15, 0.2) is 24.4 Å². The van der Waals surface area contributed by atoms with Gasteiger partial charge in [-0.1, -0.05) is 6.07 Å². The minimum absolute atomic E-state index is 0.333. The average molecular weight is 434 g/mol. The zero-order chi connectivity index (χ0) is 21.5. The van der Waals surface area contributed by atoms with Crippen molar-refractivity contribution in [3.8, 4) is 0 Å². The van der Waals surface area contributed by atoms with Crippen LogP contribution in [0, 0.1) is 0 Å². The second kappa shape index (κ2) is 8.26. The molecule has 0 radical (unpaired) electrons. The van der Waals surface area contributed by atoms with Crippen LogP contribution in [0.25, 0.3) is 10.9 Å². The van der Waals surface area contributed by atoms with E-state index in [0.717, 1.165) is 37.7 Å². The van der Waals surface area contributed by atoms with Gasteiger partial charge in [0.25, 0.3) is 0 Å². The molecule has 2 aliphatic rings. The molecule has 2 aromatic rings. The Hall–Kier alpha value is -1.41. The lowest BCUT2D eigenvalue weighted by Crippen LogP contribution is -2.42. The number of aromatic amines is 1. The van der Waals surface area contributed by atoms with Crippen molar-refractivity contribution in [3.63, 3.8) is 0 Å². The van der Waals surface area contributed by atoms with E-state index in [4.69, 9.17) is 0 Å². The monoisotopic (exact) mass is 433 g/mol. The average Bonchev–Trinajstić information content (AvgIpc) is 3.38. The van der Waals surface area contributed by atoms with Crippen LogP contribution in [0.3, 0.4) is 0 Å². The molecule has 166 valence electrons. The zero-order valence-electron chi connectivity index (χ0n) is 18.4. The number of likely N-dealkylation sites (tertiary alicyclic amines) is 1. The number of benzene rings is 1. The Morgan fingerprint density at radius 3 is 2.73 bits per heavy atom. The number of nitrogens with zero attached hydrogens (tertiary/aromatic N) is 2. The van der Waals surface area contributed by atoms with Gasteiger partial charge in [-0.15, -0.1) is 0 Å². The molecule has 2 atom stereocenters. The molecule has 4 rings (SSSR count). The van der Waals surface area contributed by atoms with Crippen LogP contribution < -0.4 is 0 Å². The number of aromatic nitrogens is 1. The number of rotatable bonds is 7. The summed E-state index contributed by atoms with van der Waals surface area (Å²) in [7, 11) is -3.10. The van der Waals surface area contributed by atoms with Crippen LogP contribution >= 0.6 is 0 Å². The number of hydrogen-bond donors (Lipinski definition) is 2. The highest BCUT2D eigenvalue weighted by Gasteiger charge is 2.37. The van der Waals surface area contributed by atoms with Crippen LogP contribution in [0.4, 0.5) is 0 Å². The van der Waals surface area contributed by atoms with Crippen molar-refractivity contribution in [2.75, 3.05) is 25.9 Å². The van der Waals surface area contributed by atoms with E-state index in [-0.39, 0.29) is 0 Å². The van der Waals surface area contributed by atoms with Gasteiger partial charge in [0.1, 0.15) is 0 Å². The minimum Gasteiger partial charge on any atom is -0.390 e. The Bertz CT molecular complexity index is 993. The molecule has 2 fully saturated rings. The molecule has 0 unspecified atom stereocenters. The van der Waals surface area contributed by atoms with E-state index in [1.807, 2.05) is 13.8 Å². The van der Waals surface area contributed by atoms with Crippen LogP contribution in [-0.4, -0.2) is 71.3 Å². The highest BCUT2D eigenvalue weighted by atomic mass is 32.2. The van der Waals surface area contributed by atoms with E-state index < -0.39 is 15.6 Å². The van der Waals surface area contributed by atoms with Gasteiger partial charge in [-0.3, -0.25) is 4.90 Å². The van der Waals surface area contributed by atoms with Crippen LogP contribution in [0.2, 0.25) is 0 Å². The maximum Gasteiger partial charge on any atom is 0.211 e. The van der Waals surface area contributed by atoms with Gasteiger partial charge in [-0.2, -0.15) is 0 Å². The molecule has 1 aromatic carbocycles. The second-order valence-corrected chi connectivity index (χ2v) is 11.8. The summed E-state index contributed by atoms with van der Waals surface area (Å²) in [6.07, 6.45) is 9.33. The molecular formula is C23H35N3O3S. The molecule has 7 heteroatoms. The smallest absolute Gasteiger partial charge is 0.211 e. The highest BCUT2D eigenvalue weighted by Crippen LogP contribution is 2.31. The van der Waals surface area contributed by atoms with Gasteiger partial charge in [0, 0.05) is 42.3 Å². The minimum atomic E-state index is -3.10. The molecule has 2 aliphatic heterocycles. The Balaban J connectivity index is 1.48. The molecule has 0 bridgehead atoms. The maximum atomic E-state index is 11.9. The Morgan fingerprint density at radius 1 is 1.23 bits per heavy atom. The fourth-order valence-electron chi connectivity index (χ4n) is 5.09. The number of aliphatic hydroxyl groups is 1. The fraction of sp³-hybridized carbons (Fsp3) is 0.652. The standard InChI is InChI=1S/C23H35N3O3S/c1-23(2,27)10-8-17-6-7-22-21(13-17)18(15-24-22)14-19-5-4-11-26(19)20-9-12-25(16-20)30(3,28)29/h6-7,13,15,19-20,24,27H,4-5,8-12,14,16H2,1-3H3/t19-,20-/m1/s1. The molecule has 3 heterocycles. The SMILES string of the molecule is CC(C)(O)CCc1ccc2[nH]cc(C[C@H]3CCCN3[C@@H]3CCN(S(C)(=O)=O)C3)c2c1. The maximum absolute atomic E-state index is 11.9. The number of aryl methyl sites for hydroxylation is 1. The highest BCUT2D eigenvalue weighted by molar-refractivity contribution is 7.88. The number of H-pyrrole nitrogens is 1. The van der Waals surface area contributed by atoms with Gasteiger partial charge in [0.15, 0.2) is 0 Å². The van der Waals surface area contributed by atoms with Crippen molar-refractivity contribution >= 4 is 20.9 Å². The first-order valence-electron chi connectivity index (χ1n) is 11.1. The summed E-state index contributed by atoms with van der Waals surface area (Å²) in [5, 5.41) is 11.3. The number of hydrogen-bond acceptors (Lipinski definition) is 4. The normalized spacial score (nSPS) is 24.3. The van der Waals surface area contributed by atoms with Crippen LogP contribution in [0.5, 0.6) is 0 Å². The zero-order valence-corrected chi connectivity index (χ0v) is 19.2. The molecule has 0 spiro atoms. The third kappa shape index (κ3) is 4.90. The third-order valence-electron chi connectivity index (χ3n) is 6.80. The molecule has 2 N–H and O–H groups in total. The van der Waals surface area contributed by atoms with Crippen molar-refractivity contribution in [2.24, 2.45) is 0 Å². The van der Waals surface area contributed by atoms with E-state index in [2.05, 4.69) is 34.3 Å². The first kappa shape index (κ1) is 21.8. The number of sulfonamides is 1. The molecule has 6 nitrogen and oxygen atoms in total. The summed E-state index contributed by atoms with van der Waals surface area (Å²) < 4.78 is 25.5. The summed E-state index contributed by atoms with van der Waals surface area (Å²) in [4.78, 5) is 5.98. The van der Waals surface area contributed by atoms with Crippen molar-refractivity contribution < 1.29 is 13.5 Å². The van der Waals surface area contributed by atoms with Crippen LogP contribution in [-0.2, 0) is 22.9 Å². The van der Waals surface area contributed by atoms with E-state index in [1.165, 1.54) is 35.6 Å². The topological polar surface area (TPSA) is 76.6 Å². The summed E-state index contributed by atoms with van der Waals surface area (Å²) in [6.45, 7) is 6.05. The van der Waals surface area contributed by atoms with Crippen LogP contribution in [0.1, 0.15) is 50.7 Å². The Morgan fingerprint density at radius 2 is 2.03 bits per heavy atom. The second-order valence-electron chi connectivity index (χ2n) is 9.81. The molecular weight excluding hydrogens is 398 g/mol. The summed E-state index contributed by atoms with van der Waals surface area (Å²) >= 11 is 0. The van der Waals surface area contributed by atoms with Gasteiger partial charge < -0.3 is 10.1 Å². The third-order valence-corrected chi connectivity index (χ3v) is 8.07. The molecule has 1 aromatic heterocycles. The van der Waals surface area contributed by atoms with Gasteiger partial charge in [-0.25, -0.2) is 12.7 Å². The quantitative estimate of drug-likeness (QED) is 0.704. The lowest BCUT2D eigenvalue weighted by atomic mass is 9.96. The van der Waals surface area contributed by atoms with Crippen molar-refractivity contribution in [3.05, 3.63) is 35.5 Å². The van der Waals surface area contributed by atoms with E-state index in [9.17, 15) is 13.5 Å². The molecule has 2 saturated heterocycles.